The molecule has 2 rings (SSSR count). The van der Waals surface area contributed by atoms with Crippen molar-refractivity contribution in [3.05, 3.63) is 69.8 Å². The largest absolute Gasteiger partial charge is 0.344 e. The number of benzene rings is 2. The maximum atomic E-state index is 10.6. The Labute approximate surface area is 123 Å². The first-order valence-corrected chi connectivity index (χ1v) is 6.62. The van der Waals surface area contributed by atoms with Crippen LogP contribution in [0.3, 0.4) is 0 Å². The van der Waals surface area contributed by atoms with Gasteiger partial charge in [-0.25, -0.2) is 0 Å². The Morgan fingerprint density at radius 1 is 1.14 bits per heavy atom. The molecule has 2 aromatic rings. The number of aliphatic imine (C=N–C) groups is 1. The molecule has 1 N–H and O–H groups in total. The van der Waals surface area contributed by atoms with Gasteiger partial charge in [0.1, 0.15) is 0 Å². The van der Waals surface area contributed by atoms with Crippen molar-refractivity contribution in [1.82, 2.24) is 0 Å². The molecule has 0 aliphatic heterocycles. The van der Waals surface area contributed by atoms with Gasteiger partial charge in [0, 0.05) is 17.8 Å². The molecule has 0 bridgehead atoms. The van der Waals surface area contributed by atoms with Gasteiger partial charge in [0.15, 0.2) is 0 Å². The minimum absolute atomic E-state index is 0.0785. The molecule has 0 spiro atoms. The molecule has 5 nitrogen and oxygen atoms in total. The molecule has 0 heterocycles. The number of hydrogen-bond donors (Lipinski definition) is 1. The molecule has 0 aliphatic rings. The first-order valence-electron chi connectivity index (χ1n) is 6.62. The second-order valence-corrected chi connectivity index (χ2v) is 4.82. The highest BCUT2D eigenvalue weighted by Gasteiger charge is 2.03. The molecule has 0 amide bonds. The molecule has 108 valence electrons. The molecule has 2 aromatic carbocycles. The minimum Gasteiger partial charge on any atom is -0.344 e. The van der Waals surface area contributed by atoms with Crippen molar-refractivity contribution in [1.29, 1.82) is 0 Å². The predicted octanol–water partition coefficient (Wildman–Crippen LogP) is 3.93. The second kappa shape index (κ2) is 6.65. The molecule has 0 aromatic heterocycles. The number of nitro groups is 1. The predicted molar refractivity (Wildman–Crippen MR) is 84.7 cm³/mol. The third-order valence-corrected chi connectivity index (χ3v) is 3.02. The maximum Gasteiger partial charge on any atom is 0.269 e. The lowest BCUT2D eigenvalue weighted by molar-refractivity contribution is -0.384. The fourth-order valence-corrected chi connectivity index (χ4v) is 1.82. The van der Waals surface area contributed by atoms with E-state index in [1.165, 1.54) is 17.7 Å². The Hall–Kier alpha value is -2.69. The van der Waals surface area contributed by atoms with Gasteiger partial charge in [-0.3, -0.25) is 15.1 Å². The monoisotopic (exact) mass is 283 g/mol. The van der Waals surface area contributed by atoms with Crippen molar-refractivity contribution >= 4 is 17.2 Å². The highest BCUT2D eigenvalue weighted by Crippen LogP contribution is 2.15. The molecular weight excluding hydrogens is 266 g/mol. The van der Waals surface area contributed by atoms with Crippen LogP contribution in [0.2, 0.25) is 0 Å². The van der Waals surface area contributed by atoms with Crippen LogP contribution in [0, 0.1) is 17.0 Å². The lowest BCUT2D eigenvalue weighted by Crippen LogP contribution is -2.07. The smallest absolute Gasteiger partial charge is 0.269 e. The summed E-state index contributed by atoms with van der Waals surface area (Å²) in [5, 5.41) is 13.7. The third kappa shape index (κ3) is 4.42. The Bertz CT molecular complexity index is 646. The van der Waals surface area contributed by atoms with Crippen molar-refractivity contribution in [3.63, 3.8) is 0 Å². The summed E-state index contributed by atoms with van der Waals surface area (Å²) in [6.07, 6.45) is 0. The summed E-state index contributed by atoms with van der Waals surface area (Å²) in [6.45, 7) is 4.52. The van der Waals surface area contributed by atoms with E-state index in [1.807, 2.05) is 6.92 Å². The van der Waals surface area contributed by atoms with Gasteiger partial charge in [0.2, 0.25) is 0 Å². The van der Waals surface area contributed by atoms with Crippen molar-refractivity contribution in [2.45, 2.75) is 20.4 Å². The van der Waals surface area contributed by atoms with Crippen LogP contribution in [0.4, 0.5) is 11.4 Å². The number of nitrogens with zero attached hydrogens (tertiary/aromatic N) is 2. The van der Waals surface area contributed by atoms with E-state index in [4.69, 9.17) is 0 Å². The number of nitrogens with one attached hydrogen (secondary N) is 1. The number of hydrogen-bond acceptors (Lipinski definition) is 3. The standard InChI is InChI=1S/C16H17N3O2/c1-12-3-5-14(6-4-12)11-17-13(2)18-15-7-9-16(10-8-15)19(20)21/h3-10H,11H2,1-2H3,(H,17,18). The average Bonchev–Trinajstić information content (AvgIpc) is 2.47. The molecule has 0 saturated carbocycles. The van der Waals surface area contributed by atoms with E-state index in [0.717, 1.165) is 17.1 Å². The summed E-state index contributed by atoms with van der Waals surface area (Å²) in [4.78, 5) is 14.6. The number of nitro benzene ring substituents is 1. The van der Waals surface area contributed by atoms with Gasteiger partial charge in [0.05, 0.1) is 17.3 Å². The van der Waals surface area contributed by atoms with Gasteiger partial charge in [-0.05, 0) is 31.5 Å². The molecular formula is C16H17N3O2. The van der Waals surface area contributed by atoms with E-state index in [-0.39, 0.29) is 5.69 Å². The van der Waals surface area contributed by atoms with Crippen molar-refractivity contribution in [2.75, 3.05) is 5.32 Å². The molecule has 0 aliphatic carbocycles. The van der Waals surface area contributed by atoms with Crippen LogP contribution in [0.1, 0.15) is 18.1 Å². The van der Waals surface area contributed by atoms with Crippen LogP contribution in [0.25, 0.3) is 0 Å². The van der Waals surface area contributed by atoms with E-state index in [1.54, 1.807) is 12.1 Å². The highest BCUT2D eigenvalue weighted by atomic mass is 16.6. The summed E-state index contributed by atoms with van der Waals surface area (Å²) >= 11 is 0. The molecule has 0 radical (unpaired) electrons. The van der Waals surface area contributed by atoms with Crippen LogP contribution in [0.5, 0.6) is 0 Å². The lowest BCUT2D eigenvalue weighted by Gasteiger charge is -2.06. The normalized spacial score (nSPS) is 11.2. The SMILES string of the molecule is CC(=NCc1ccc(C)cc1)Nc1ccc([N+](=O)[O-])cc1. The zero-order chi connectivity index (χ0) is 15.2. The van der Waals surface area contributed by atoms with E-state index >= 15 is 0 Å². The maximum absolute atomic E-state index is 10.6. The Balaban J connectivity index is 1.96. The fourth-order valence-electron chi connectivity index (χ4n) is 1.82. The van der Waals surface area contributed by atoms with E-state index in [9.17, 15) is 10.1 Å². The number of anilines is 1. The van der Waals surface area contributed by atoms with E-state index < -0.39 is 4.92 Å². The molecule has 0 saturated heterocycles. The van der Waals surface area contributed by atoms with Crippen LogP contribution in [-0.2, 0) is 6.54 Å². The number of non-ortho nitro benzene ring substituents is 1. The first kappa shape index (κ1) is 14.7. The summed E-state index contributed by atoms with van der Waals surface area (Å²) < 4.78 is 0. The Kier molecular flexibility index (Phi) is 4.66. The zero-order valence-electron chi connectivity index (χ0n) is 12.0. The fraction of sp³-hybridized carbons (Fsp3) is 0.188. The molecule has 5 heteroatoms. The second-order valence-electron chi connectivity index (χ2n) is 4.82. The Morgan fingerprint density at radius 3 is 2.33 bits per heavy atom. The number of amidine groups is 1. The van der Waals surface area contributed by atoms with Crippen LogP contribution in [-0.4, -0.2) is 10.8 Å². The first-order chi connectivity index (χ1) is 10.0. The van der Waals surface area contributed by atoms with Crippen molar-refractivity contribution in [3.8, 4) is 0 Å². The molecule has 21 heavy (non-hydrogen) atoms. The molecule has 0 fully saturated rings. The molecule has 0 atom stereocenters. The minimum atomic E-state index is -0.415. The van der Waals surface area contributed by atoms with E-state index in [2.05, 4.69) is 41.5 Å². The van der Waals surface area contributed by atoms with Crippen LogP contribution >= 0.6 is 0 Å². The van der Waals surface area contributed by atoms with Gasteiger partial charge >= 0.3 is 0 Å². The van der Waals surface area contributed by atoms with Gasteiger partial charge < -0.3 is 5.32 Å². The van der Waals surface area contributed by atoms with Crippen molar-refractivity contribution < 1.29 is 4.92 Å². The summed E-state index contributed by atoms with van der Waals surface area (Å²) in [5.41, 5.74) is 3.23. The van der Waals surface area contributed by atoms with Crippen LogP contribution in [0.15, 0.2) is 53.5 Å². The average molecular weight is 283 g/mol. The summed E-state index contributed by atoms with van der Waals surface area (Å²) in [6, 6.07) is 14.5. The zero-order valence-corrected chi connectivity index (χ0v) is 12.0. The summed E-state index contributed by atoms with van der Waals surface area (Å²) in [7, 11) is 0. The quantitative estimate of drug-likeness (QED) is 0.400. The number of rotatable bonds is 4. The molecule has 0 unspecified atom stereocenters. The van der Waals surface area contributed by atoms with Gasteiger partial charge in [-0.15, -0.1) is 0 Å². The Morgan fingerprint density at radius 2 is 1.76 bits per heavy atom. The lowest BCUT2D eigenvalue weighted by atomic mass is 10.1. The summed E-state index contributed by atoms with van der Waals surface area (Å²) in [5.74, 6) is 0.768. The highest BCUT2D eigenvalue weighted by molar-refractivity contribution is 5.93. The van der Waals surface area contributed by atoms with Gasteiger partial charge in [-0.1, -0.05) is 29.8 Å². The topological polar surface area (TPSA) is 67.5 Å². The third-order valence-electron chi connectivity index (χ3n) is 3.02. The van der Waals surface area contributed by atoms with Crippen LogP contribution < -0.4 is 5.32 Å². The van der Waals surface area contributed by atoms with Gasteiger partial charge in [-0.2, -0.15) is 0 Å². The number of aryl methyl sites for hydroxylation is 1. The van der Waals surface area contributed by atoms with Gasteiger partial charge in [0.25, 0.3) is 5.69 Å². The van der Waals surface area contributed by atoms with E-state index in [0.29, 0.717) is 6.54 Å². The van der Waals surface area contributed by atoms with Crippen molar-refractivity contribution in [2.24, 2.45) is 4.99 Å².